The Balaban J connectivity index is 2.89. The normalized spacial score (nSPS) is 13.9. The van der Waals surface area contributed by atoms with Crippen molar-refractivity contribution in [3.63, 3.8) is 0 Å². The molecule has 140 valence electrons. The van der Waals surface area contributed by atoms with Gasteiger partial charge < -0.3 is 25.6 Å². The number of carboxylic acid groups (broad SMARTS) is 1. The van der Waals surface area contributed by atoms with Crippen molar-refractivity contribution in [3.8, 4) is 5.75 Å². The standard InChI is InChI=1S/C13H13F5N2O5/c1-12(24,9(21)22)5-19-11(23)20-6-2-3-8(25-10(14)15)7(4-6)13(16,17)18/h2-4,10,24H,5H2,1H3,(H,21,22)(H2,19,20,23). The quantitative estimate of drug-likeness (QED) is 0.573. The summed E-state index contributed by atoms with van der Waals surface area (Å²) in [6, 6.07) is 0.726. The second-order valence-electron chi connectivity index (χ2n) is 4.97. The maximum Gasteiger partial charge on any atom is 0.420 e. The molecule has 7 nitrogen and oxygen atoms in total. The largest absolute Gasteiger partial charge is 0.479 e. The molecule has 0 aromatic heterocycles. The molecule has 0 fully saturated rings. The van der Waals surface area contributed by atoms with Crippen LogP contribution in [0.25, 0.3) is 0 Å². The first-order valence-corrected chi connectivity index (χ1v) is 6.49. The summed E-state index contributed by atoms with van der Waals surface area (Å²) in [4.78, 5) is 22.2. The maximum absolute atomic E-state index is 12.9. The molecule has 1 atom stereocenters. The maximum atomic E-state index is 12.9. The van der Waals surface area contributed by atoms with Gasteiger partial charge in [-0.25, -0.2) is 9.59 Å². The molecule has 0 spiro atoms. The number of halogens is 5. The molecule has 4 N–H and O–H groups in total. The van der Waals surface area contributed by atoms with Crippen molar-refractivity contribution in [2.45, 2.75) is 25.3 Å². The average molecular weight is 372 g/mol. The van der Waals surface area contributed by atoms with Crippen molar-refractivity contribution in [1.82, 2.24) is 5.32 Å². The topological polar surface area (TPSA) is 108 Å². The molecule has 12 heteroatoms. The molecule has 1 rings (SSSR count). The number of carbonyl (C=O) groups is 2. The minimum absolute atomic E-state index is 0.368. The van der Waals surface area contributed by atoms with Gasteiger partial charge in [0, 0.05) is 5.69 Å². The number of rotatable bonds is 6. The number of ether oxygens (including phenoxy) is 1. The molecule has 1 aromatic carbocycles. The van der Waals surface area contributed by atoms with E-state index in [-0.39, 0.29) is 0 Å². The fourth-order valence-electron chi connectivity index (χ4n) is 1.53. The van der Waals surface area contributed by atoms with Crippen molar-refractivity contribution in [2.24, 2.45) is 0 Å². The summed E-state index contributed by atoms with van der Waals surface area (Å²) in [6.45, 7) is -3.30. The summed E-state index contributed by atoms with van der Waals surface area (Å²) >= 11 is 0. The van der Waals surface area contributed by atoms with E-state index >= 15 is 0 Å². The van der Waals surface area contributed by atoms with Crippen molar-refractivity contribution in [1.29, 1.82) is 0 Å². The lowest BCUT2D eigenvalue weighted by molar-refractivity contribution is -0.155. The first kappa shape index (κ1) is 20.4. The number of nitrogens with one attached hydrogen (secondary N) is 2. The number of hydrogen-bond acceptors (Lipinski definition) is 4. The minimum Gasteiger partial charge on any atom is -0.479 e. The van der Waals surface area contributed by atoms with Crippen LogP contribution in [0.4, 0.5) is 32.4 Å². The summed E-state index contributed by atoms with van der Waals surface area (Å²) in [7, 11) is 0. The van der Waals surface area contributed by atoms with E-state index in [0.717, 1.165) is 13.0 Å². The van der Waals surface area contributed by atoms with Crippen molar-refractivity contribution < 1.29 is 46.5 Å². The number of urea groups is 1. The Labute approximate surface area is 137 Å². The van der Waals surface area contributed by atoms with Crippen molar-refractivity contribution in [2.75, 3.05) is 11.9 Å². The van der Waals surface area contributed by atoms with E-state index in [1.807, 2.05) is 10.6 Å². The Morgan fingerprint density at radius 3 is 2.36 bits per heavy atom. The summed E-state index contributed by atoms with van der Waals surface area (Å²) in [6.07, 6.45) is -5.02. The second kappa shape index (κ2) is 7.51. The van der Waals surface area contributed by atoms with E-state index in [1.165, 1.54) is 0 Å². The zero-order valence-electron chi connectivity index (χ0n) is 12.5. The van der Waals surface area contributed by atoms with Crippen LogP contribution < -0.4 is 15.4 Å². The van der Waals surface area contributed by atoms with Crippen LogP contribution in [0.3, 0.4) is 0 Å². The number of benzene rings is 1. The second-order valence-corrected chi connectivity index (χ2v) is 4.97. The van der Waals surface area contributed by atoms with Crippen LogP contribution in [0.15, 0.2) is 18.2 Å². The fourth-order valence-corrected chi connectivity index (χ4v) is 1.53. The molecule has 1 unspecified atom stereocenters. The summed E-state index contributed by atoms with van der Waals surface area (Å²) in [5.74, 6) is -2.75. The van der Waals surface area contributed by atoms with Crippen molar-refractivity contribution in [3.05, 3.63) is 23.8 Å². The van der Waals surface area contributed by atoms with Gasteiger partial charge in [0.05, 0.1) is 12.1 Å². The van der Waals surface area contributed by atoms with Crippen LogP contribution in [0.1, 0.15) is 12.5 Å². The predicted molar refractivity (Wildman–Crippen MR) is 73.4 cm³/mol. The van der Waals surface area contributed by atoms with Gasteiger partial charge in [-0.05, 0) is 25.1 Å². The molecule has 1 aromatic rings. The predicted octanol–water partition coefficient (Wildman–Crippen LogP) is 2.26. The summed E-state index contributed by atoms with van der Waals surface area (Å²) in [5.41, 5.74) is -4.24. The van der Waals surface area contributed by atoms with Gasteiger partial charge in [-0.1, -0.05) is 0 Å². The number of aliphatic hydroxyl groups is 1. The molecule has 2 amide bonds. The van der Waals surface area contributed by atoms with Gasteiger partial charge in [-0.3, -0.25) is 0 Å². The third kappa shape index (κ3) is 6.06. The lowest BCUT2D eigenvalue weighted by Gasteiger charge is -2.19. The molecular formula is C13H13F5N2O5. The molecule has 25 heavy (non-hydrogen) atoms. The Bertz CT molecular complexity index is 648. The van der Waals surface area contributed by atoms with Gasteiger partial charge >= 0.3 is 24.8 Å². The molecule has 0 bridgehead atoms. The lowest BCUT2D eigenvalue weighted by atomic mass is 10.1. The molecule has 0 saturated heterocycles. The summed E-state index contributed by atoms with van der Waals surface area (Å²) in [5, 5.41) is 21.9. The third-order valence-corrected chi connectivity index (χ3v) is 2.81. The molecule has 0 radical (unpaired) electrons. The molecule has 0 saturated carbocycles. The van der Waals surface area contributed by atoms with Gasteiger partial charge in [0.2, 0.25) is 0 Å². The lowest BCUT2D eigenvalue weighted by Crippen LogP contribution is -2.47. The number of carboxylic acids is 1. The highest BCUT2D eigenvalue weighted by atomic mass is 19.4. The Kier molecular flexibility index (Phi) is 6.13. The van der Waals surface area contributed by atoms with Crippen LogP contribution in [0, 0.1) is 0 Å². The van der Waals surface area contributed by atoms with Crippen LogP contribution in [-0.4, -0.2) is 41.0 Å². The molecule has 0 aliphatic carbocycles. The van der Waals surface area contributed by atoms with E-state index in [4.69, 9.17) is 5.11 Å². The number of aliphatic carboxylic acids is 1. The zero-order chi connectivity index (χ0) is 19.4. The number of carbonyl (C=O) groups excluding carboxylic acids is 1. The first-order chi connectivity index (χ1) is 11.3. The van der Waals surface area contributed by atoms with Crippen LogP contribution >= 0.6 is 0 Å². The SMILES string of the molecule is CC(O)(CNC(=O)Nc1ccc(OC(F)F)c(C(F)(F)F)c1)C(=O)O. The van der Waals surface area contributed by atoms with Crippen molar-refractivity contribution >= 4 is 17.7 Å². The van der Waals surface area contributed by atoms with E-state index in [1.54, 1.807) is 0 Å². The number of anilines is 1. The monoisotopic (exact) mass is 372 g/mol. The molecule has 0 aliphatic heterocycles. The fraction of sp³-hybridized carbons (Fsp3) is 0.385. The first-order valence-electron chi connectivity index (χ1n) is 6.49. The van der Waals surface area contributed by atoms with E-state index in [0.29, 0.717) is 12.1 Å². The third-order valence-electron chi connectivity index (χ3n) is 2.81. The Morgan fingerprint density at radius 2 is 1.88 bits per heavy atom. The molecule has 0 heterocycles. The van der Waals surface area contributed by atoms with Crippen LogP contribution in [0.2, 0.25) is 0 Å². The van der Waals surface area contributed by atoms with E-state index in [2.05, 4.69) is 4.74 Å². The van der Waals surface area contributed by atoms with Gasteiger partial charge in [0.25, 0.3) is 0 Å². The van der Waals surface area contributed by atoms with Gasteiger partial charge in [-0.2, -0.15) is 22.0 Å². The van der Waals surface area contributed by atoms with Crippen LogP contribution in [0.5, 0.6) is 5.75 Å². The number of alkyl halides is 5. The highest BCUT2D eigenvalue weighted by Gasteiger charge is 2.35. The molecule has 0 aliphatic rings. The highest BCUT2D eigenvalue weighted by molar-refractivity contribution is 5.90. The average Bonchev–Trinajstić information content (AvgIpc) is 2.45. The number of amides is 2. The van der Waals surface area contributed by atoms with E-state index in [9.17, 15) is 36.6 Å². The molecular weight excluding hydrogens is 359 g/mol. The van der Waals surface area contributed by atoms with Gasteiger partial charge in [0.1, 0.15) is 5.75 Å². The van der Waals surface area contributed by atoms with Crippen LogP contribution in [-0.2, 0) is 11.0 Å². The highest BCUT2D eigenvalue weighted by Crippen LogP contribution is 2.38. The Hall–Kier alpha value is -2.63. The summed E-state index contributed by atoms with van der Waals surface area (Å²) < 4.78 is 66.6. The van der Waals surface area contributed by atoms with Gasteiger partial charge in [-0.15, -0.1) is 0 Å². The van der Waals surface area contributed by atoms with E-state index < -0.39 is 53.9 Å². The number of hydrogen-bond donors (Lipinski definition) is 4. The zero-order valence-corrected chi connectivity index (χ0v) is 12.5. The Morgan fingerprint density at radius 1 is 1.28 bits per heavy atom. The van der Waals surface area contributed by atoms with Gasteiger partial charge in [0.15, 0.2) is 5.60 Å². The minimum atomic E-state index is -5.02. The smallest absolute Gasteiger partial charge is 0.420 e.